The maximum absolute atomic E-state index is 10.8. The summed E-state index contributed by atoms with van der Waals surface area (Å²) in [6, 6.07) is 1.72. The van der Waals surface area contributed by atoms with Crippen molar-refractivity contribution in [1.29, 1.82) is 0 Å². The highest BCUT2D eigenvalue weighted by Crippen LogP contribution is 2.16. The molecule has 0 saturated carbocycles. The van der Waals surface area contributed by atoms with Gasteiger partial charge >= 0.3 is 0 Å². The van der Waals surface area contributed by atoms with Crippen LogP contribution in [0.1, 0.15) is 6.92 Å². The second-order valence-corrected chi connectivity index (χ2v) is 2.64. The molecule has 0 fully saturated rings. The lowest BCUT2D eigenvalue weighted by molar-refractivity contribution is -0.114. The molecule has 66 valence electrons. The fourth-order valence-electron chi connectivity index (χ4n) is 1.14. The third kappa shape index (κ3) is 1.35. The van der Waals surface area contributed by atoms with Crippen LogP contribution in [0.4, 0.5) is 5.69 Å². The van der Waals surface area contributed by atoms with Gasteiger partial charge in [0, 0.05) is 13.1 Å². The molecule has 0 spiro atoms. The molecule has 0 aliphatic heterocycles. The van der Waals surface area contributed by atoms with Crippen molar-refractivity contribution < 1.29 is 4.79 Å². The average molecular weight is 176 g/mol. The molecule has 2 rings (SSSR count). The van der Waals surface area contributed by atoms with E-state index < -0.39 is 0 Å². The van der Waals surface area contributed by atoms with Crippen molar-refractivity contribution in [3.05, 3.63) is 18.6 Å². The van der Waals surface area contributed by atoms with Crippen molar-refractivity contribution in [3.8, 4) is 0 Å². The summed E-state index contributed by atoms with van der Waals surface area (Å²) in [7, 11) is 0. The van der Waals surface area contributed by atoms with Gasteiger partial charge in [0.1, 0.15) is 5.52 Å². The highest BCUT2D eigenvalue weighted by Gasteiger charge is 2.03. The van der Waals surface area contributed by atoms with Crippen LogP contribution in [0.2, 0.25) is 0 Å². The van der Waals surface area contributed by atoms with E-state index in [-0.39, 0.29) is 5.91 Å². The number of imidazole rings is 1. The van der Waals surface area contributed by atoms with E-state index >= 15 is 0 Å². The lowest BCUT2D eigenvalue weighted by atomic mass is 10.3. The number of aromatic amines is 1. The summed E-state index contributed by atoms with van der Waals surface area (Å²) in [5, 5.41) is 2.68. The number of H-pyrrole nitrogens is 1. The zero-order valence-electron chi connectivity index (χ0n) is 7.03. The van der Waals surface area contributed by atoms with Gasteiger partial charge in [0.05, 0.1) is 12.0 Å². The molecule has 0 aliphatic rings. The monoisotopic (exact) mass is 176 g/mol. The first kappa shape index (κ1) is 7.72. The molecule has 0 aliphatic carbocycles. The van der Waals surface area contributed by atoms with E-state index in [0.29, 0.717) is 11.3 Å². The number of rotatable bonds is 1. The molecule has 0 unspecified atom stereocenters. The minimum Gasteiger partial charge on any atom is -0.342 e. The highest BCUT2D eigenvalue weighted by molar-refractivity contribution is 5.97. The summed E-state index contributed by atoms with van der Waals surface area (Å²) >= 11 is 0. The Bertz CT molecular complexity index is 448. The first-order valence-electron chi connectivity index (χ1n) is 3.83. The average Bonchev–Trinajstić information content (AvgIpc) is 2.51. The van der Waals surface area contributed by atoms with E-state index in [4.69, 9.17) is 0 Å². The topological polar surface area (TPSA) is 70.7 Å². The molecule has 2 aromatic heterocycles. The summed E-state index contributed by atoms with van der Waals surface area (Å²) in [6.45, 7) is 1.46. The van der Waals surface area contributed by atoms with Gasteiger partial charge in [0.2, 0.25) is 5.91 Å². The van der Waals surface area contributed by atoms with Gasteiger partial charge in [-0.3, -0.25) is 4.79 Å². The Balaban J connectivity index is 2.54. The maximum atomic E-state index is 10.8. The van der Waals surface area contributed by atoms with Crippen LogP contribution in [0.5, 0.6) is 0 Å². The molecular formula is C8H8N4O. The van der Waals surface area contributed by atoms with Crippen molar-refractivity contribution in [1.82, 2.24) is 15.0 Å². The lowest BCUT2D eigenvalue weighted by Gasteiger charge is -2.01. The Hall–Kier alpha value is -1.91. The number of aromatic nitrogens is 3. The second kappa shape index (κ2) is 2.85. The van der Waals surface area contributed by atoms with Crippen LogP contribution < -0.4 is 5.32 Å². The number of fused-ring (bicyclic) bond motifs is 1. The fourth-order valence-corrected chi connectivity index (χ4v) is 1.14. The quantitative estimate of drug-likeness (QED) is 0.678. The maximum Gasteiger partial charge on any atom is 0.221 e. The molecule has 2 aromatic rings. The van der Waals surface area contributed by atoms with Gasteiger partial charge < -0.3 is 10.3 Å². The van der Waals surface area contributed by atoms with E-state index in [0.717, 1.165) is 5.52 Å². The first-order valence-corrected chi connectivity index (χ1v) is 3.83. The Labute approximate surface area is 74.2 Å². The SMILES string of the molecule is CC(=O)Nc1ccnc2nc[nH]c12. The molecule has 0 bridgehead atoms. The van der Waals surface area contributed by atoms with E-state index in [1.54, 1.807) is 18.6 Å². The van der Waals surface area contributed by atoms with E-state index in [9.17, 15) is 4.79 Å². The normalized spacial score (nSPS) is 10.2. The second-order valence-electron chi connectivity index (χ2n) is 2.64. The molecule has 0 aromatic carbocycles. The molecule has 0 atom stereocenters. The van der Waals surface area contributed by atoms with Crippen molar-refractivity contribution in [2.75, 3.05) is 5.32 Å². The van der Waals surface area contributed by atoms with Gasteiger partial charge in [-0.1, -0.05) is 0 Å². The number of pyridine rings is 1. The highest BCUT2D eigenvalue weighted by atomic mass is 16.1. The zero-order chi connectivity index (χ0) is 9.26. The van der Waals surface area contributed by atoms with E-state index in [1.165, 1.54) is 6.92 Å². The largest absolute Gasteiger partial charge is 0.342 e. The lowest BCUT2D eigenvalue weighted by Crippen LogP contribution is -2.06. The number of hydrogen-bond donors (Lipinski definition) is 2. The van der Waals surface area contributed by atoms with Crippen LogP contribution in [0.25, 0.3) is 11.2 Å². The van der Waals surface area contributed by atoms with Crippen LogP contribution in [0.15, 0.2) is 18.6 Å². The third-order valence-electron chi connectivity index (χ3n) is 1.64. The van der Waals surface area contributed by atoms with Crippen LogP contribution in [0, 0.1) is 0 Å². The summed E-state index contributed by atoms with van der Waals surface area (Å²) in [5.41, 5.74) is 2.05. The van der Waals surface area contributed by atoms with Crippen molar-refractivity contribution in [2.24, 2.45) is 0 Å². The third-order valence-corrected chi connectivity index (χ3v) is 1.64. The Morgan fingerprint density at radius 1 is 1.54 bits per heavy atom. The predicted molar refractivity (Wildman–Crippen MR) is 48.2 cm³/mol. The molecule has 0 saturated heterocycles. The molecular weight excluding hydrogens is 168 g/mol. The zero-order valence-corrected chi connectivity index (χ0v) is 7.03. The Morgan fingerprint density at radius 2 is 2.38 bits per heavy atom. The number of carbonyl (C=O) groups is 1. The van der Waals surface area contributed by atoms with Gasteiger partial charge in [0.25, 0.3) is 0 Å². The summed E-state index contributed by atoms with van der Waals surface area (Å²) < 4.78 is 0. The number of nitrogens with one attached hydrogen (secondary N) is 2. The molecule has 2 N–H and O–H groups in total. The van der Waals surface area contributed by atoms with Crippen LogP contribution in [0.3, 0.4) is 0 Å². The van der Waals surface area contributed by atoms with Gasteiger partial charge in [-0.15, -0.1) is 0 Å². The Kier molecular flexibility index (Phi) is 1.70. The molecule has 5 nitrogen and oxygen atoms in total. The van der Waals surface area contributed by atoms with Crippen molar-refractivity contribution >= 4 is 22.8 Å². The fraction of sp³-hybridized carbons (Fsp3) is 0.125. The van der Waals surface area contributed by atoms with Gasteiger partial charge in [0.15, 0.2) is 5.65 Å². The number of nitrogens with zero attached hydrogens (tertiary/aromatic N) is 2. The van der Waals surface area contributed by atoms with E-state index in [1.807, 2.05) is 0 Å². The van der Waals surface area contributed by atoms with Gasteiger partial charge in [-0.25, -0.2) is 9.97 Å². The first-order chi connectivity index (χ1) is 6.27. The molecule has 1 amide bonds. The minimum atomic E-state index is -0.109. The number of hydrogen-bond acceptors (Lipinski definition) is 3. The Morgan fingerprint density at radius 3 is 3.15 bits per heavy atom. The molecule has 0 radical (unpaired) electrons. The van der Waals surface area contributed by atoms with Gasteiger partial charge in [-0.2, -0.15) is 0 Å². The summed E-state index contributed by atoms with van der Waals surface area (Å²) in [6.07, 6.45) is 3.15. The predicted octanol–water partition coefficient (Wildman–Crippen LogP) is 0.916. The van der Waals surface area contributed by atoms with Crippen LogP contribution >= 0.6 is 0 Å². The molecule has 5 heteroatoms. The van der Waals surface area contributed by atoms with Crippen LogP contribution in [-0.4, -0.2) is 20.9 Å². The van der Waals surface area contributed by atoms with E-state index in [2.05, 4.69) is 20.3 Å². The van der Waals surface area contributed by atoms with Crippen LogP contribution in [-0.2, 0) is 4.79 Å². The number of anilines is 1. The van der Waals surface area contributed by atoms with Crippen molar-refractivity contribution in [2.45, 2.75) is 6.92 Å². The number of amides is 1. The summed E-state index contributed by atoms with van der Waals surface area (Å²) in [4.78, 5) is 21.7. The standard InChI is InChI=1S/C8H8N4O/c1-5(13)12-6-2-3-9-8-7(6)10-4-11-8/h2-4H,1H3,(H2,9,10,11,12,13). The smallest absolute Gasteiger partial charge is 0.221 e. The number of carbonyl (C=O) groups excluding carboxylic acids is 1. The molecule has 2 heterocycles. The molecule has 13 heavy (non-hydrogen) atoms. The van der Waals surface area contributed by atoms with Crippen molar-refractivity contribution in [3.63, 3.8) is 0 Å². The van der Waals surface area contributed by atoms with Gasteiger partial charge in [-0.05, 0) is 6.07 Å². The summed E-state index contributed by atoms with van der Waals surface area (Å²) in [5.74, 6) is -0.109. The minimum absolute atomic E-state index is 0.109.